The summed E-state index contributed by atoms with van der Waals surface area (Å²) in [6.45, 7) is 5.50. The van der Waals surface area contributed by atoms with Gasteiger partial charge in [-0.25, -0.2) is 4.98 Å². The van der Waals surface area contributed by atoms with Crippen molar-refractivity contribution in [2.75, 3.05) is 19.1 Å². The van der Waals surface area contributed by atoms with Gasteiger partial charge >= 0.3 is 0 Å². The van der Waals surface area contributed by atoms with Crippen LogP contribution < -0.4 is 14.4 Å². The van der Waals surface area contributed by atoms with Crippen LogP contribution in [0.4, 0.5) is 10.8 Å². The summed E-state index contributed by atoms with van der Waals surface area (Å²) in [7, 11) is 3.07. The van der Waals surface area contributed by atoms with Crippen LogP contribution in [0.25, 0.3) is 6.08 Å². The van der Waals surface area contributed by atoms with Crippen molar-refractivity contribution in [2.45, 2.75) is 20.8 Å². The number of thiazole rings is 1. The van der Waals surface area contributed by atoms with E-state index >= 15 is 0 Å². The molecule has 0 aliphatic rings. The van der Waals surface area contributed by atoms with Crippen molar-refractivity contribution in [3.8, 4) is 11.5 Å². The molecule has 0 aliphatic heterocycles. The Morgan fingerprint density at radius 2 is 1.81 bits per heavy atom. The van der Waals surface area contributed by atoms with E-state index < -0.39 is 0 Å². The monoisotopic (exact) mass is 436 g/mol. The first-order valence-electron chi connectivity index (χ1n) is 9.62. The summed E-state index contributed by atoms with van der Waals surface area (Å²) in [5.74, 6) is 0.736. The molecule has 0 saturated carbocycles. The fraction of sp³-hybridized carbons (Fsp3) is 0.208. The molecule has 1 amide bonds. The second-order valence-corrected chi connectivity index (χ2v) is 7.73. The van der Waals surface area contributed by atoms with E-state index in [4.69, 9.17) is 9.47 Å². The smallest absolute Gasteiger partial charge is 0.230 e. The number of carbonyl (C=O) groups is 2. The molecule has 0 radical (unpaired) electrons. The molecule has 2 aromatic carbocycles. The van der Waals surface area contributed by atoms with E-state index in [1.54, 1.807) is 36.3 Å². The van der Waals surface area contributed by atoms with Crippen molar-refractivity contribution in [1.29, 1.82) is 0 Å². The van der Waals surface area contributed by atoms with Crippen molar-refractivity contribution in [3.05, 3.63) is 70.2 Å². The zero-order chi connectivity index (χ0) is 22.5. The van der Waals surface area contributed by atoms with Gasteiger partial charge in [-0.2, -0.15) is 0 Å². The molecule has 31 heavy (non-hydrogen) atoms. The van der Waals surface area contributed by atoms with Gasteiger partial charge in [-0.1, -0.05) is 12.1 Å². The zero-order valence-corrected chi connectivity index (χ0v) is 18.9. The van der Waals surface area contributed by atoms with Crippen molar-refractivity contribution in [3.63, 3.8) is 0 Å². The number of allylic oxidation sites excluding steroid dienone is 1. The van der Waals surface area contributed by atoms with Crippen LogP contribution in [0.15, 0.2) is 47.9 Å². The Hall–Kier alpha value is -3.45. The topological polar surface area (TPSA) is 68.7 Å². The Morgan fingerprint density at radius 3 is 2.48 bits per heavy atom. The number of rotatable bonds is 7. The number of nitrogens with zero attached hydrogens (tertiary/aromatic N) is 2. The van der Waals surface area contributed by atoms with Gasteiger partial charge in [0.1, 0.15) is 0 Å². The first kappa shape index (κ1) is 22.2. The van der Waals surface area contributed by atoms with Gasteiger partial charge in [0.2, 0.25) is 5.91 Å². The summed E-state index contributed by atoms with van der Waals surface area (Å²) < 4.78 is 10.5. The number of methoxy groups -OCH3 is 2. The number of hydrogen-bond acceptors (Lipinski definition) is 6. The first-order chi connectivity index (χ1) is 14.8. The maximum Gasteiger partial charge on any atom is 0.230 e. The van der Waals surface area contributed by atoms with Gasteiger partial charge in [-0.05, 0) is 61.4 Å². The van der Waals surface area contributed by atoms with Crippen molar-refractivity contribution in [1.82, 2.24) is 4.98 Å². The molecule has 3 aromatic rings. The average Bonchev–Trinajstić information content (AvgIpc) is 3.22. The fourth-order valence-corrected chi connectivity index (χ4v) is 3.94. The minimum Gasteiger partial charge on any atom is -0.493 e. The van der Waals surface area contributed by atoms with E-state index in [9.17, 15) is 9.59 Å². The molecule has 3 rings (SSSR count). The summed E-state index contributed by atoms with van der Waals surface area (Å²) in [5.41, 5.74) is 4.00. The number of benzene rings is 2. The van der Waals surface area contributed by atoms with Crippen LogP contribution in [0.1, 0.15) is 34.1 Å². The van der Waals surface area contributed by atoms with E-state index in [-0.39, 0.29) is 11.7 Å². The number of anilines is 2. The third-order valence-corrected chi connectivity index (χ3v) is 5.75. The van der Waals surface area contributed by atoms with Crippen molar-refractivity contribution < 1.29 is 19.1 Å². The Balaban J connectivity index is 1.84. The maximum atomic E-state index is 12.6. The molecule has 1 aromatic heterocycles. The molecule has 160 valence electrons. The lowest BCUT2D eigenvalue weighted by molar-refractivity contribution is -0.115. The predicted octanol–water partition coefficient (Wildman–Crippen LogP) is 5.36. The van der Waals surface area contributed by atoms with Gasteiger partial charge in [-0.3, -0.25) is 14.5 Å². The van der Waals surface area contributed by atoms with Crippen LogP contribution in [-0.4, -0.2) is 30.9 Å². The lowest BCUT2D eigenvalue weighted by Crippen LogP contribution is -2.23. The van der Waals surface area contributed by atoms with Gasteiger partial charge in [-0.15, -0.1) is 11.3 Å². The van der Waals surface area contributed by atoms with Crippen LogP contribution in [-0.2, 0) is 4.79 Å². The van der Waals surface area contributed by atoms with Gasteiger partial charge in [0, 0.05) is 17.9 Å². The standard InChI is InChI=1S/C24H24N2O4S/c1-15-7-6-8-20(16(15)2)26(17(3)27)24-25-19(14-31-24)10-11-21(28)18-9-12-22(29-4)23(13-18)30-5/h6-14H,1-5H3/b11-10+. The molecular weight excluding hydrogens is 412 g/mol. The molecule has 0 fully saturated rings. The highest BCUT2D eigenvalue weighted by atomic mass is 32.1. The molecule has 0 aliphatic carbocycles. The zero-order valence-electron chi connectivity index (χ0n) is 18.1. The summed E-state index contributed by atoms with van der Waals surface area (Å²) in [5, 5.41) is 2.37. The maximum absolute atomic E-state index is 12.6. The number of hydrogen-bond donors (Lipinski definition) is 0. The molecule has 0 saturated heterocycles. The van der Waals surface area contributed by atoms with Crippen LogP contribution in [0, 0.1) is 13.8 Å². The minimum absolute atomic E-state index is 0.125. The second-order valence-electron chi connectivity index (χ2n) is 6.90. The van der Waals surface area contributed by atoms with Gasteiger partial charge in [0.25, 0.3) is 0 Å². The highest BCUT2D eigenvalue weighted by Crippen LogP contribution is 2.33. The van der Waals surface area contributed by atoms with Crippen molar-refractivity contribution >= 4 is 39.9 Å². The quantitative estimate of drug-likeness (QED) is 0.368. The van der Waals surface area contributed by atoms with Crippen LogP contribution in [0.5, 0.6) is 11.5 Å². The second kappa shape index (κ2) is 9.57. The molecule has 0 bridgehead atoms. The third kappa shape index (κ3) is 4.83. The van der Waals surface area contributed by atoms with E-state index in [2.05, 4.69) is 4.98 Å². The predicted molar refractivity (Wildman–Crippen MR) is 124 cm³/mol. The Kier molecular flexibility index (Phi) is 6.87. The highest BCUT2D eigenvalue weighted by molar-refractivity contribution is 7.14. The van der Waals surface area contributed by atoms with Gasteiger partial charge in [0.05, 0.1) is 25.6 Å². The van der Waals surface area contributed by atoms with Crippen LogP contribution in [0.3, 0.4) is 0 Å². The SMILES string of the molecule is COc1ccc(C(=O)/C=C/c2csc(N(C(C)=O)c3cccc(C)c3C)n2)cc1OC. The van der Waals surface area contributed by atoms with E-state index in [1.165, 1.54) is 31.4 Å². The lowest BCUT2D eigenvalue weighted by Gasteiger charge is -2.21. The largest absolute Gasteiger partial charge is 0.493 e. The van der Waals surface area contributed by atoms with E-state index in [0.29, 0.717) is 27.9 Å². The number of ether oxygens (including phenoxy) is 2. The molecule has 6 nitrogen and oxygen atoms in total. The Labute approximate surface area is 185 Å². The molecular formula is C24H24N2O4S. The van der Waals surface area contributed by atoms with Crippen molar-refractivity contribution in [2.24, 2.45) is 0 Å². The van der Waals surface area contributed by atoms with E-state index in [0.717, 1.165) is 16.8 Å². The number of amides is 1. The summed E-state index contributed by atoms with van der Waals surface area (Å²) in [4.78, 5) is 31.1. The average molecular weight is 437 g/mol. The molecule has 0 unspecified atom stereocenters. The Morgan fingerprint density at radius 1 is 1.06 bits per heavy atom. The minimum atomic E-state index is -0.187. The fourth-order valence-electron chi connectivity index (χ4n) is 3.09. The van der Waals surface area contributed by atoms with Crippen LogP contribution >= 0.6 is 11.3 Å². The number of aryl methyl sites for hydroxylation is 1. The highest BCUT2D eigenvalue weighted by Gasteiger charge is 2.20. The number of aromatic nitrogens is 1. The molecule has 0 N–H and O–H groups in total. The summed E-state index contributed by atoms with van der Waals surface area (Å²) in [6, 6.07) is 10.8. The first-order valence-corrected chi connectivity index (χ1v) is 10.5. The molecule has 0 atom stereocenters. The molecule has 1 heterocycles. The summed E-state index contributed by atoms with van der Waals surface area (Å²) >= 11 is 1.35. The lowest BCUT2D eigenvalue weighted by atomic mass is 10.1. The van der Waals surface area contributed by atoms with E-state index in [1.807, 2.05) is 37.4 Å². The van der Waals surface area contributed by atoms with Crippen LogP contribution in [0.2, 0.25) is 0 Å². The van der Waals surface area contributed by atoms with Gasteiger partial charge in [0.15, 0.2) is 22.4 Å². The van der Waals surface area contributed by atoms with Gasteiger partial charge < -0.3 is 9.47 Å². The Bertz CT molecular complexity index is 1150. The molecule has 0 spiro atoms. The third-order valence-electron chi connectivity index (χ3n) is 4.91. The number of carbonyl (C=O) groups excluding carboxylic acids is 2. The summed E-state index contributed by atoms with van der Waals surface area (Å²) in [6.07, 6.45) is 3.09. The normalized spacial score (nSPS) is 10.9. The molecule has 7 heteroatoms. The number of ketones is 1.